The lowest BCUT2D eigenvalue weighted by atomic mass is 10.2. The van der Waals surface area contributed by atoms with Crippen LogP contribution in [0.1, 0.15) is 10.4 Å². The molecule has 3 aromatic rings. The van der Waals surface area contributed by atoms with Crippen LogP contribution in [0.2, 0.25) is 5.02 Å². The number of rotatable bonds is 3. The number of carbonyl (C=O) groups excluding carboxylic acids is 1. The number of hydrogen-bond donors (Lipinski definition) is 1. The van der Waals surface area contributed by atoms with E-state index in [0.29, 0.717) is 10.6 Å². The van der Waals surface area contributed by atoms with E-state index in [2.05, 4.69) is 10.3 Å². The Balaban J connectivity index is 1.87. The summed E-state index contributed by atoms with van der Waals surface area (Å²) in [4.78, 5) is 16.7. The molecule has 3 rings (SSSR count). The molecule has 1 amide bonds. The van der Waals surface area contributed by atoms with Gasteiger partial charge in [-0.05, 0) is 36.6 Å². The smallest absolute Gasteiger partial charge is 0.257 e. The van der Waals surface area contributed by atoms with Crippen LogP contribution in [0.3, 0.4) is 0 Å². The molecule has 0 aliphatic carbocycles. The molecule has 0 saturated heterocycles. The highest BCUT2D eigenvalue weighted by atomic mass is 35.5. The average Bonchev–Trinajstić information content (AvgIpc) is 2.90. The second-order valence-electron chi connectivity index (χ2n) is 4.30. The molecule has 0 radical (unpaired) electrons. The number of nitrogens with one attached hydrogen (secondary N) is 1. The van der Waals surface area contributed by atoms with Crippen LogP contribution in [0.4, 0.5) is 5.69 Å². The fourth-order valence-corrected chi connectivity index (χ4v) is 3.66. The van der Waals surface area contributed by atoms with Gasteiger partial charge in [0.25, 0.3) is 5.91 Å². The molecule has 2 aromatic carbocycles. The summed E-state index contributed by atoms with van der Waals surface area (Å²) in [5.41, 5.74) is 2.15. The molecule has 21 heavy (non-hydrogen) atoms. The van der Waals surface area contributed by atoms with Crippen molar-refractivity contribution in [3.05, 3.63) is 53.1 Å². The summed E-state index contributed by atoms with van der Waals surface area (Å²) in [5, 5.41) is 3.31. The lowest BCUT2D eigenvalue weighted by Crippen LogP contribution is -2.12. The van der Waals surface area contributed by atoms with E-state index < -0.39 is 0 Å². The molecule has 106 valence electrons. The first kappa shape index (κ1) is 14.4. The molecule has 0 saturated carbocycles. The second kappa shape index (κ2) is 6.05. The monoisotopic (exact) mass is 334 g/mol. The highest BCUT2D eigenvalue weighted by molar-refractivity contribution is 8.00. The van der Waals surface area contributed by atoms with Gasteiger partial charge in [0.2, 0.25) is 0 Å². The molecule has 0 fully saturated rings. The van der Waals surface area contributed by atoms with Crippen LogP contribution >= 0.6 is 34.7 Å². The van der Waals surface area contributed by atoms with Gasteiger partial charge in [-0.15, -0.1) is 11.3 Å². The quantitative estimate of drug-likeness (QED) is 0.691. The summed E-state index contributed by atoms with van der Waals surface area (Å²) in [6, 6.07) is 12.7. The zero-order chi connectivity index (χ0) is 14.8. The molecule has 0 aliphatic rings. The van der Waals surface area contributed by atoms with Crippen LogP contribution in [0.5, 0.6) is 0 Å². The van der Waals surface area contributed by atoms with Gasteiger partial charge in [-0.3, -0.25) is 4.79 Å². The Morgan fingerprint density at radius 3 is 2.86 bits per heavy atom. The molecular formula is C15H11ClN2OS2. The number of thiazole rings is 1. The fraction of sp³-hybridized carbons (Fsp3) is 0.0667. The third-order valence-electron chi connectivity index (χ3n) is 2.92. The Hall–Kier alpha value is -1.56. The van der Waals surface area contributed by atoms with Crippen molar-refractivity contribution in [1.29, 1.82) is 0 Å². The van der Waals surface area contributed by atoms with Crippen LogP contribution in [-0.2, 0) is 0 Å². The van der Waals surface area contributed by atoms with Crippen molar-refractivity contribution < 1.29 is 4.79 Å². The van der Waals surface area contributed by atoms with Gasteiger partial charge in [-0.25, -0.2) is 4.98 Å². The van der Waals surface area contributed by atoms with Gasteiger partial charge in [0.1, 0.15) is 0 Å². The van der Waals surface area contributed by atoms with Gasteiger partial charge in [0.05, 0.1) is 20.8 Å². The summed E-state index contributed by atoms with van der Waals surface area (Å²) < 4.78 is 2.07. The molecule has 0 aliphatic heterocycles. The third-order valence-corrected chi connectivity index (χ3v) is 5.25. The van der Waals surface area contributed by atoms with E-state index in [9.17, 15) is 4.79 Å². The van der Waals surface area contributed by atoms with Crippen molar-refractivity contribution in [3.8, 4) is 0 Å². The first-order valence-electron chi connectivity index (χ1n) is 6.18. The van der Waals surface area contributed by atoms with Crippen molar-refractivity contribution in [3.63, 3.8) is 0 Å². The number of hydrogen-bond acceptors (Lipinski definition) is 4. The van der Waals surface area contributed by atoms with Crippen molar-refractivity contribution in [2.24, 2.45) is 0 Å². The summed E-state index contributed by atoms with van der Waals surface area (Å²) in [5.74, 6) is -0.213. The van der Waals surface area contributed by atoms with Gasteiger partial charge in [-0.1, -0.05) is 35.5 Å². The lowest BCUT2D eigenvalue weighted by molar-refractivity contribution is 0.102. The summed E-state index contributed by atoms with van der Waals surface area (Å²) >= 11 is 9.26. The number of aromatic nitrogens is 1. The van der Waals surface area contributed by atoms with Gasteiger partial charge < -0.3 is 5.32 Å². The molecule has 1 aromatic heterocycles. The maximum Gasteiger partial charge on any atom is 0.257 e. The van der Waals surface area contributed by atoms with Gasteiger partial charge in [0, 0.05) is 5.69 Å². The van der Waals surface area contributed by atoms with Crippen molar-refractivity contribution in [2.45, 2.75) is 4.34 Å². The standard InChI is InChI=1S/C15H11ClN2OS2/c1-20-15-18-12-7-6-9(8-13(12)21-15)17-14(19)10-4-2-3-5-11(10)16/h2-8H,1H3,(H,17,19). The van der Waals surface area contributed by atoms with Crippen molar-refractivity contribution in [2.75, 3.05) is 11.6 Å². The highest BCUT2D eigenvalue weighted by Crippen LogP contribution is 2.30. The minimum Gasteiger partial charge on any atom is -0.322 e. The highest BCUT2D eigenvalue weighted by Gasteiger charge is 2.11. The fourth-order valence-electron chi connectivity index (χ4n) is 1.91. The number of amides is 1. The Morgan fingerprint density at radius 2 is 2.10 bits per heavy atom. The maximum absolute atomic E-state index is 12.2. The Morgan fingerprint density at radius 1 is 1.29 bits per heavy atom. The number of nitrogens with zero attached hydrogens (tertiary/aromatic N) is 1. The zero-order valence-corrected chi connectivity index (χ0v) is 13.5. The normalized spacial score (nSPS) is 10.8. The predicted octanol–water partition coefficient (Wildman–Crippen LogP) is 4.92. The predicted molar refractivity (Wildman–Crippen MR) is 90.8 cm³/mol. The minimum absolute atomic E-state index is 0.213. The third kappa shape index (κ3) is 3.05. The van der Waals surface area contributed by atoms with E-state index in [4.69, 9.17) is 11.6 Å². The zero-order valence-electron chi connectivity index (χ0n) is 11.1. The Labute approximate surface area is 135 Å². The summed E-state index contributed by atoms with van der Waals surface area (Å²) in [7, 11) is 0. The van der Waals surface area contributed by atoms with Gasteiger partial charge >= 0.3 is 0 Å². The van der Waals surface area contributed by atoms with Crippen LogP contribution < -0.4 is 5.32 Å². The molecule has 0 bridgehead atoms. The molecule has 1 N–H and O–H groups in total. The van der Waals surface area contributed by atoms with Crippen LogP contribution in [-0.4, -0.2) is 17.1 Å². The van der Waals surface area contributed by atoms with Gasteiger partial charge in [-0.2, -0.15) is 0 Å². The maximum atomic E-state index is 12.2. The molecule has 6 heteroatoms. The first-order valence-corrected chi connectivity index (χ1v) is 8.60. The topological polar surface area (TPSA) is 42.0 Å². The number of benzene rings is 2. The van der Waals surface area contributed by atoms with Gasteiger partial charge in [0.15, 0.2) is 4.34 Å². The van der Waals surface area contributed by atoms with E-state index in [1.807, 2.05) is 24.5 Å². The van der Waals surface area contributed by atoms with E-state index in [-0.39, 0.29) is 5.91 Å². The number of halogens is 1. The van der Waals surface area contributed by atoms with Crippen LogP contribution in [0.25, 0.3) is 10.2 Å². The number of thioether (sulfide) groups is 1. The number of anilines is 1. The Bertz CT molecular complexity index is 816. The second-order valence-corrected chi connectivity index (χ2v) is 6.79. The Kier molecular flexibility index (Phi) is 4.14. The molecule has 0 unspecified atom stereocenters. The molecule has 0 atom stereocenters. The largest absolute Gasteiger partial charge is 0.322 e. The summed E-state index contributed by atoms with van der Waals surface area (Å²) in [6.07, 6.45) is 2.00. The first-order chi connectivity index (χ1) is 10.2. The van der Waals surface area contributed by atoms with E-state index in [1.54, 1.807) is 47.4 Å². The average molecular weight is 335 g/mol. The molecule has 0 spiro atoms. The van der Waals surface area contributed by atoms with Crippen molar-refractivity contribution >= 4 is 56.5 Å². The number of fused-ring (bicyclic) bond motifs is 1. The molecule has 3 nitrogen and oxygen atoms in total. The number of carbonyl (C=O) groups is 1. The van der Waals surface area contributed by atoms with E-state index in [1.165, 1.54) is 0 Å². The van der Waals surface area contributed by atoms with E-state index >= 15 is 0 Å². The SMILES string of the molecule is CSc1nc2ccc(NC(=O)c3ccccc3Cl)cc2s1. The van der Waals surface area contributed by atoms with E-state index in [0.717, 1.165) is 20.2 Å². The van der Waals surface area contributed by atoms with Crippen LogP contribution in [0.15, 0.2) is 46.8 Å². The molecular weight excluding hydrogens is 324 g/mol. The van der Waals surface area contributed by atoms with Crippen molar-refractivity contribution in [1.82, 2.24) is 4.98 Å². The minimum atomic E-state index is -0.213. The summed E-state index contributed by atoms with van der Waals surface area (Å²) in [6.45, 7) is 0. The lowest BCUT2D eigenvalue weighted by Gasteiger charge is -2.06. The van der Waals surface area contributed by atoms with Crippen LogP contribution in [0, 0.1) is 0 Å². The molecule has 1 heterocycles.